The maximum atomic E-state index is 5.91. The van der Waals surface area contributed by atoms with Crippen molar-refractivity contribution in [2.45, 2.75) is 6.92 Å². The van der Waals surface area contributed by atoms with Crippen LogP contribution in [0, 0.1) is 6.92 Å². The summed E-state index contributed by atoms with van der Waals surface area (Å²) in [5, 5.41) is 1.25. The fourth-order valence-corrected chi connectivity index (χ4v) is 1.49. The molecule has 0 aliphatic rings. The highest BCUT2D eigenvalue weighted by molar-refractivity contribution is 9.09. The minimum absolute atomic E-state index is 0.527. The fraction of sp³-hybridized carbons (Fsp3) is 0.222. The minimum Gasteiger partial charge on any atom is -0.241 e. The Morgan fingerprint density at radius 1 is 1.67 bits per heavy atom. The normalized spacial score (nSPS) is 9.92. The van der Waals surface area contributed by atoms with Gasteiger partial charge in [0.1, 0.15) is 5.15 Å². The van der Waals surface area contributed by atoms with Crippen molar-refractivity contribution in [3.63, 3.8) is 0 Å². The smallest absolute Gasteiger partial charge is 0.136 e. The fourth-order valence-electron chi connectivity index (χ4n) is 0.861. The van der Waals surface area contributed by atoms with E-state index >= 15 is 0 Å². The van der Waals surface area contributed by atoms with Crippen LogP contribution in [0.15, 0.2) is 18.7 Å². The summed E-state index contributed by atoms with van der Waals surface area (Å²) in [5.41, 5.74) is 2.79. The monoisotopic (exact) mass is 245 g/mol. The van der Waals surface area contributed by atoms with E-state index in [1.165, 1.54) is 0 Å². The van der Waals surface area contributed by atoms with E-state index in [0.717, 1.165) is 22.2 Å². The van der Waals surface area contributed by atoms with Crippen LogP contribution < -0.4 is 0 Å². The molecule has 0 fully saturated rings. The van der Waals surface area contributed by atoms with Crippen molar-refractivity contribution >= 4 is 33.1 Å². The van der Waals surface area contributed by atoms with E-state index in [-0.39, 0.29) is 0 Å². The van der Waals surface area contributed by atoms with Crippen molar-refractivity contribution in [1.82, 2.24) is 4.98 Å². The third kappa shape index (κ3) is 2.08. The number of allylic oxidation sites excluding steroid dienone is 1. The topological polar surface area (TPSA) is 12.9 Å². The van der Waals surface area contributed by atoms with Gasteiger partial charge in [0.2, 0.25) is 0 Å². The van der Waals surface area contributed by atoms with Gasteiger partial charge in [-0.2, -0.15) is 0 Å². The molecule has 0 aliphatic heterocycles. The van der Waals surface area contributed by atoms with E-state index in [1.54, 1.807) is 0 Å². The molecule has 64 valence electrons. The molecule has 0 atom stereocenters. The highest BCUT2D eigenvalue weighted by Gasteiger charge is 2.03. The molecule has 1 rings (SSSR count). The number of pyridine rings is 1. The lowest BCUT2D eigenvalue weighted by Crippen LogP contribution is -1.90. The molecular weight excluding hydrogens is 237 g/mol. The molecular formula is C9H9BrClN. The van der Waals surface area contributed by atoms with Crippen molar-refractivity contribution in [1.29, 1.82) is 0 Å². The Morgan fingerprint density at radius 2 is 2.33 bits per heavy atom. The van der Waals surface area contributed by atoms with Gasteiger partial charge in [-0.05, 0) is 24.6 Å². The van der Waals surface area contributed by atoms with E-state index in [2.05, 4.69) is 27.5 Å². The molecule has 0 bridgehead atoms. The van der Waals surface area contributed by atoms with Crippen LogP contribution in [0.5, 0.6) is 0 Å². The second kappa shape index (κ2) is 4.06. The van der Waals surface area contributed by atoms with Gasteiger partial charge < -0.3 is 0 Å². The largest absolute Gasteiger partial charge is 0.241 e. The molecule has 1 nitrogen and oxygen atoms in total. The van der Waals surface area contributed by atoms with Gasteiger partial charge >= 0.3 is 0 Å². The maximum Gasteiger partial charge on any atom is 0.136 e. The summed E-state index contributed by atoms with van der Waals surface area (Å²) < 4.78 is 0. The molecule has 0 aromatic carbocycles. The number of aryl methyl sites for hydroxylation is 1. The molecule has 0 saturated carbocycles. The van der Waals surface area contributed by atoms with Gasteiger partial charge in [0.15, 0.2) is 0 Å². The van der Waals surface area contributed by atoms with Crippen molar-refractivity contribution in [2.24, 2.45) is 0 Å². The lowest BCUT2D eigenvalue weighted by atomic mass is 10.1. The third-order valence-corrected chi connectivity index (χ3v) is 2.50. The average molecular weight is 247 g/mol. The summed E-state index contributed by atoms with van der Waals surface area (Å²) in [4.78, 5) is 4.13. The Kier molecular flexibility index (Phi) is 3.29. The second-order valence-corrected chi connectivity index (χ2v) is 3.45. The van der Waals surface area contributed by atoms with Gasteiger partial charge in [-0.25, -0.2) is 4.98 Å². The van der Waals surface area contributed by atoms with E-state index < -0.39 is 0 Å². The van der Waals surface area contributed by atoms with Gasteiger partial charge in [-0.15, -0.1) is 0 Å². The standard InChI is InChI=1S/C9H9BrClN/c1-6(5-10)8-4-3-7(2)12-9(8)11/h3-4H,1,5H2,2H3. The van der Waals surface area contributed by atoms with Gasteiger partial charge in [0, 0.05) is 16.6 Å². The molecule has 0 amide bonds. The first-order valence-electron chi connectivity index (χ1n) is 3.52. The molecule has 1 heterocycles. The number of hydrogen-bond donors (Lipinski definition) is 0. The molecule has 0 radical (unpaired) electrons. The van der Waals surface area contributed by atoms with Crippen LogP contribution in [0.2, 0.25) is 5.15 Å². The van der Waals surface area contributed by atoms with Crippen LogP contribution in [-0.4, -0.2) is 10.3 Å². The summed E-state index contributed by atoms with van der Waals surface area (Å²) in [6, 6.07) is 3.86. The summed E-state index contributed by atoms with van der Waals surface area (Å²) in [7, 11) is 0. The number of aromatic nitrogens is 1. The summed E-state index contributed by atoms with van der Waals surface area (Å²) in [6.07, 6.45) is 0. The van der Waals surface area contributed by atoms with Crippen LogP contribution in [-0.2, 0) is 0 Å². The summed E-state index contributed by atoms with van der Waals surface area (Å²) in [5.74, 6) is 0. The third-order valence-electron chi connectivity index (χ3n) is 1.53. The highest BCUT2D eigenvalue weighted by Crippen LogP contribution is 2.22. The molecule has 0 N–H and O–H groups in total. The van der Waals surface area contributed by atoms with Crippen molar-refractivity contribution in [3.8, 4) is 0 Å². The average Bonchev–Trinajstić information content (AvgIpc) is 2.03. The molecule has 0 saturated heterocycles. The van der Waals surface area contributed by atoms with Crippen molar-refractivity contribution < 1.29 is 0 Å². The summed E-state index contributed by atoms with van der Waals surface area (Å²) in [6.45, 7) is 5.77. The maximum absolute atomic E-state index is 5.91. The quantitative estimate of drug-likeness (QED) is 0.575. The molecule has 1 aromatic heterocycles. The molecule has 0 unspecified atom stereocenters. The highest BCUT2D eigenvalue weighted by atomic mass is 79.9. The molecule has 3 heteroatoms. The Hall–Kier alpha value is -0.340. The van der Waals surface area contributed by atoms with Crippen LogP contribution in [0.4, 0.5) is 0 Å². The number of hydrogen-bond acceptors (Lipinski definition) is 1. The second-order valence-electron chi connectivity index (χ2n) is 2.53. The molecule has 12 heavy (non-hydrogen) atoms. The Morgan fingerprint density at radius 3 is 2.83 bits per heavy atom. The first kappa shape index (κ1) is 9.75. The van der Waals surface area contributed by atoms with E-state index in [9.17, 15) is 0 Å². The Labute approximate surface area is 85.6 Å². The first-order valence-corrected chi connectivity index (χ1v) is 5.02. The molecule has 0 spiro atoms. The predicted octanol–water partition coefficient (Wildman–Crippen LogP) is 3.45. The SMILES string of the molecule is C=C(CBr)c1ccc(C)nc1Cl. The van der Waals surface area contributed by atoms with Crippen molar-refractivity contribution in [2.75, 3.05) is 5.33 Å². The van der Waals surface area contributed by atoms with Gasteiger partial charge in [0.05, 0.1) is 0 Å². The van der Waals surface area contributed by atoms with Gasteiger partial charge in [-0.1, -0.05) is 34.1 Å². The Balaban J connectivity index is 3.09. The van der Waals surface area contributed by atoms with Gasteiger partial charge in [-0.3, -0.25) is 0 Å². The number of rotatable bonds is 2. The Bertz CT molecular complexity index is 309. The number of alkyl halides is 1. The lowest BCUT2D eigenvalue weighted by Gasteiger charge is -2.04. The predicted molar refractivity (Wildman–Crippen MR) is 56.8 cm³/mol. The van der Waals surface area contributed by atoms with Crippen LogP contribution in [0.1, 0.15) is 11.3 Å². The van der Waals surface area contributed by atoms with Crippen LogP contribution >= 0.6 is 27.5 Å². The van der Waals surface area contributed by atoms with Gasteiger partial charge in [0.25, 0.3) is 0 Å². The zero-order valence-corrected chi connectivity index (χ0v) is 9.11. The summed E-state index contributed by atoms with van der Waals surface area (Å²) >= 11 is 9.23. The first-order chi connectivity index (χ1) is 5.65. The molecule has 0 aliphatic carbocycles. The van der Waals surface area contributed by atoms with E-state index in [1.807, 2.05) is 19.1 Å². The van der Waals surface area contributed by atoms with Crippen LogP contribution in [0.25, 0.3) is 5.57 Å². The zero-order chi connectivity index (χ0) is 9.14. The minimum atomic E-state index is 0.527. The van der Waals surface area contributed by atoms with Crippen molar-refractivity contribution in [3.05, 3.63) is 35.1 Å². The van der Waals surface area contributed by atoms with E-state index in [4.69, 9.17) is 11.6 Å². The van der Waals surface area contributed by atoms with E-state index in [0.29, 0.717) is 5.15 Å². The number of halogens is 2. The molecule has 1 aromatic rings. The zero-order valence-electron chi connectivity index (χ0n) is 6.77. The van der Waals surface area contributed by atoms with Crippen LogP contribution in [0.3, 0.4) is 0 Å². The lowest BCUT2D eigenvalue weighted by molar-refractivity contribution is 1.19. The number of nitrogens with zero attached hydrogens (tertiary/aromatic N) is 1.